The van der Waals surface area contributed by atoms with Crippen LogP contribution in [0.4, 0.5) is 4.39 Å². The van der Waals surface area contributed by atoms with Crippen LogP contribution in [0.1, 0.15) is 5.56 Å². The first-order valence-electron chi connectivity index (χ1n) is 8.45. The zero-order valence-electron chi connectivity index (χ0n) is 14.9. The maximum atomic E-state index is 13.8. The number of hydrogen-bond donors (Lipinski definition) is 1. The summed E-state index contributed by atoms with van der Waals surface area (Å²) in [5.41, 5.74) is 3.46. The predicted octanol–water partition coefficient (Wildman–Crippen LogP) is 3.66. The zero-order chi connectivity index (χ0) is 19.1. The normalized spacial score (nSPS) is 10.7. The highest BCUT2D eigenvalue weighted by Crippen LogP contribution is 2.23. The molecule has 140 valence electrons. The van der Waals surface area contributed by atoms with E-state index in [1.165, 1.54) is 19.2 Å². The number of nitrogens with one attached hydrogen (secondary N) is 1. The minimum atomic E-state index is -0.494. The van der Waals surface area contributed by atoms with Crippen LogP contribution in [0.2, 0.25) is 0 Å². The summed E-state index contributed by atoms with van der Waals surface area (Å²) in [4.78, 5) is 16.6. The number of hydrogen-bond acceptors (Lipinski definition) is 5. The van der Waals surface area contributed by atoms with E-state index in [1.807, 2.05) is 42.5 Å². The van der Waals surface area contributed by atoms with Crippen molar-refractivity contribution < 1.29 is 23.5 Å². The summed E-state index contributed by atoms with van der Waals surface area (Å²) in [7, 11) is 1.44. The highest BCUT2D eigenvalue weighted by Gasteiger charge is 2.06. The molecule has 0 aliphatic carbocycles. The molecule has 0 saturated carbocycles. The van der Waals surface area contributed by atoms with Crippen molar-refractivity contribution in [3.8, 4) is 11.5 Å². The lowest BCUT2D eigenvalue weighted by Crippen LogP contribution is -2.28. The molecule has 6 heteroatoms. The Kier molecular flexibility index (Phi) is 6.35. The standard InChI is InChI=1S/C21H20FNO4/c1-25-14-19(24)12-23-27-21-10-18(22)9-20(11-21)26-13-15-6-7-16-4-2-3-5-17(16)8-15/h2-11,23H,12-14H2,1H3. The van der Waals surface area contributed by atoms with Crippen molar-refractivity contribution in [3.63, 3.8) is 0 Å². The first-order valence-corrected chi connectivity index (χ1v) is 8.45. The summed E-state index contributed by atoms with van der Waals surface area (Å²) in [5.74, 6) is -0.121. The number of carbonyl (C=O) groups excluding carboxylic acids is 1. The number of Topliss-reactive ketones (excluding diaryl/α,β-unsaturated/α-hetero) is 1. The van der Waals surface area contributed by atoms with Gasteiger partial charge in [0.2, 0.25) is 0 Å². The quantitative estimate of drug-likeness (QED) is 0.584. The number of carbonyl (C=O) groups is 1. The molecular weight excluding hydrogens is 349 g/mol. The zero-order valence-corrected chi connectivity index (χ0v) is 14.9. The van der Waals surface area contributed by atoms with Gasteiger partial charge in [-0.3, -0.25) is 4.79 Å². The molecule has 3 rings (SSSR count). The molecule has 5 nitrogen and oxygen atoms in total. The van der Waals surface area contributed by atoms with Gasteiger partial charge in [-0.2, -0.15) is 0 Å². The van der Waals surface area contributed by atoms with Crippen molar-refractivity contribution in [2.45, 2.75) is 6.61 Å². The average molecular weight is 369 g/mol. The fourth-order valence-electron chi connectivity index (χ4n) is 2.59. The Labute approximate surface area is 156 Å². The number of ketones is 1. The summed E-state index contributed by atoms with van der Waals surface area (Å²) in [6.07, 6.45) is 0. The van der Waals surface area contributed by atoms with Crippen molar-refractivity contribution in [1.82, 2.24) is 5.48 Å². The Morgan fingerprint density at radius 1 is 1.00 bits per heavy atom. The van der Waals surface area contributed by atoms with E-state index < -0.39 is 5.82 Å². The van der Waals surface area contributed by atoms with Crippen LogP contribution in [-0.2, 0) is 16.1 Å². The molecule has 0 fully saturated rings. The third kappa shape index (κ3) is 5.51. The fourth-order valence-corrected chi connectivity index (χ4v) is 2.59. The minimum absolute atomic E-state index is 0.0143. The largest absolute Gasteiger partial charge is 0.489 e. The van der Waals surface area contributed by atoms with Gasteiger partial charge in [0.15, 0.2) is 11.5 Å². The Bertz CT molecular complexity index is 929. The van der Waals surface area contributed by atoms with E-state index in [1.54, 1.807) is 6.07 Å². The molecule has 3 aromatic rings. The van der Waals surface area contributed by atoms with Crippen LogP contribution in [0.5, 0.6) is 11.5 Å². The van der Waals surface area contributed by atoms with E-state index in [-0.39, 0.29) is 24.7 Å². The highest BCUT2D eigenvalue weighted by atomic mass is 19.1. The third-order valence-electron chi connectivity index (χ3n) is 3.83. The lowest BCUT2D eigenvalue weighted by Gasteiger charge is -2.11. The second kappa shape index (κ2) is 9.12. The van der Waals surface area contributed by atoms with Crippen molar-refractivity contribution in [2.24, 2.45) is 0 Å². The van der Waals surface area contributed by atoms with Gasteiger partial charge in [-0.25, -0.2) is 4.39 Å². The van der Waals surface area contributed by atoms with E-state index in [9.17, 15) is 9.18 Å². The Morgan fingerprint density at radius 3 is 2.59 bits per heavy atom. The maximum Gasteiger partial charge on any atom is 0.175 e. The first-order chi connectivity index (χ1) is 13.1. The van der Waals surface area contributed by atoms with Gasteiger partial charge in [-0.1, -0.05) is 36.4 Å². The van der Waals surface area contributed by atoms with Crippen LogP contribution in [0, 0.1) is 5.82 Å². The molecule has 0 bridgehead atoms. The molecule has 0 amide bonds. The minimum Gasteiger partial charge on any atom is -0.489 e. The van der Waals surface area contributed by atoms with Gasteiger partial charge in [0.25, 0.3) is 0 Å². The van der Waals surface area contributed by atoms with Gasteiger partial charge in [-0.15, -0.1) is 5.48 Å². The molecule has 0 spiro atoms. The summed E-state index contributed by atoms with van der Waals surface area (Å²) in [6.45, 7) is 0.241. The molecule has 3 aromatic carbocycles. The van der Waals surface area contributed by atoms with E-state index in [0.29, 0.717) is 12.4 Å². The van der Waals surface area contributed by atoms with Gasteiger partial charge in [0, 0.05) is 25.3 Å². The number of methoxy groups -OCH3 is 1. The lowest BCUT2D eigenvalue weighted by atomic mass is 10.1. The SMILES string of the molecule is COCC(=O)CNOc1cc(F)cc(OCc2ccc3ccccc3c2)c1. The summed E-state index contributed by atoms with van der Waals surface area (Å²) in [5, 5.41) is 2.27. The molecule has 0 saturated heterocycles. The molecule has 0 atom stereocenters. The topological polar surface area (TPSA) is 56.8 Å². The van der Waals surface area contributed by atoms with Gasteiger partial charge in [0.1, 0.15) is 24.8 Å². The number of fused-ring (bicyclic) bond motifs is 1. The molecule has 1 N–H and O–H groups in total. The van der Waals surface area contributed by atoms with E-state index in [4.69, 9.17) is 14.3 Å². The Morgan fingerprint density at radius 2 is 1.78 bits per heavy atom. The van der Waals surface area contributed by atoms with E-state index in [0.717, 1.165) is 16.3 Å². The maximum absolute atomic E-state index is 13.8. The molecule has 0 aliphatic rings. The Balaban J connectivity index is 1.60. The number of hydroxylamine groups is 1. The van der Waals surface area contributed by atoms with Crippen LogP contribution in [0.25, 0.3) is 10.8 Å². The molecule has 0 aliphatic heterocycles. The van der Waals surface area contributed by atoms with Gasteiger partial charge in [-0.05, 0) is 22.4 Å². The average Bonchev–Trinajstić information content (AvgIpc) is 2.66. The second-order valence-electron chi connectivity index (χ2n) is 5.99. The fraction of sp³-hybridized carbons (Fsp3) is 0.190. The van der Waals surface area contributed by atoms with Crippen LogP contribution in [0.3, 0.4) is 0 Å². The van der Waals surface area contributed by atoms with Gasteiger partial charge < -0.3 is 14.3 Å². The molecule has 0 unspecified atom stereocenters. The molecular formula is C21H20FNO4. The van der Waals surface area contributed by atoms with Crippen LogP contribution >= 0.6 is 0 Å². The smallest absolute Gasteiger partial charge is 0.175 e. The molecule has 0 radical (unpaired) electrons. The third-order valence-corrected chi connectivity index (χ3v) is 3.83. The van der Waals surface area contributed by atoms with Gasteiger partial charge >= 0.3 is 0 Å². The molecule has 0 heterocycles. The summed E-state index contributed by atoms with van der Waals surface area (Å²) >= 11 is 0. The van der Waals surface area contributed by atoms with Crippen molar-refractivity contribution in [3.05, 3.63) is 72.0 Å². The van der Waals surface area contributed by atoms with Gasteiger partial charge in [0.05, 0.1) is 6.54 Å². The Hall–Kier alpha value is -2.96. The number of benzene rings is 3. The van der Waals surface area contributed by atoms with E-state index in [2.05, 4.69) is 5.48 Å². The molecule has 0 aromatic heterocycles. The number of rotatable bonds is 9. The van der Waals surface area contributed by atoms with Crippen molar-refractivity contribution in [1.29, 1.82) is 0 Å². The van der Waals surface area contributed by atoms with Crippen molar-refractivity contribution >= 4 is 16.6 Å². The lowest BCUT2D eigenvalue weighted by molar-refractivity contribution is -0.123. The van der Waals surface area contributed by atoms with E-state index >= 15 is 0 Å². The summed E-state index contributed by atoms with van der Waals surface area (Å²) < 4.78 is 24.2. The van der Waals surface area contributed by atoms with Crippen LogP contribution in [-0.4, -0.2) is 26.0 Å². The second-order valence-corrected chi connectivity index (χ2v) is 5.99. The van der Waals surface area contributed by atoms with Crippen LogP contribution in [0.15, 0.2) is 60.7 Å². The van der Waals surface area contributed by atoms with Crippen LogP contribution < -0.4 is 15.1 Å². The molecule has 27 heavy (non-hydrogen) atoms. The number of halogens is 1. The summed E-state index contributed by atoms with van der Waals surface area (Å²) in [6, 6.07) is 18.1. The van der Waals surface area contributed by atoms with Crippen molar-refractivity contribution in [2.75, 3.05) is 20.3 Å². The monoisotopic (exact) mass is 369 g/mol. The predicted molar refractivity (Wildman–Crippen MR) is 100 cm³/mol. The highest BCUT2D eigenvalue weighted by molar-refractivity contribution is 5.83. The number of ether oxygens (including phenoxy) is 2. The first kappa shape index (κ1) is 18.8.